The fraction of sp³-hybridized carbons (Fsp3) is 0.455. The highest BCUT2D eigenvalue weighted by Crippen LogP contribution is 2.11. The first-order valence-electron chi connectivity index (χ1n) is 5.34. The second kappa shape index (κ2) is 4.46. The average molecular weight is 253 g/mol. The maximum absolute atomic E-state index is 11.6. The van der Waals surface area contributed by atoms with Gasteiger partial charge in [-0.25, -0.2) is 4.98 Å². The fourth-order valence-corrected chi connectivity index (χ4v) is 2.12. The number of fused-ring (bicyclic) bond motifs is 1. The minimum absolute atomic E-state index is 0.127. The zero-order valence-corrected chi connectivity index (χ0v) is 10.6. The summed E-state index contributed by atoms with van der Waals surface area (Å²) in [6.07, 6.45) is 3.99. The zero-order chi connectivity index (χ0) is 12.5. The molecule has 17 heavy (non-hydrogen) atoms. The topological polar surface area (TPSA) is 66.6 Å². The van der Waals surface area contributed by atoms with E-state index in [0.717, 1.165) is 10.7 Å². The molecular formula is C11H15N3O2S. The maximum Gasteiger partial charge on any atom is 0.226 e. The maximum atomic E-state index is 11.6. The highest BCUT2D eigenvalue weighted by atomic mass is 32.1. The van der Waals surface area contributed by atoms with Crippen LogP contribution in [0.3, 0.4) is 0 Å². The number of hydrogen-bond donors (Lipinski definition) is 2. The minimum Gasteiger partial charge on any atom is -0.389 e. The van der Waals surface area contributed by atoms with Crippen molar-refractivity contribution in [1.82, 2.24) is 14.7 Å². The lowest BCUT2D eigenvalue weighted by atomic mass is 10.1. The molecule has 0 bridgehead atoms. The molecule has 0 radical (unpaired) electrons. The predicted molar refractivity (Wildman–Crippen MR) is 66.1 cm³/mol. The van der Waals surface area contributed by atoms with Crippen molar-refractivity contribution < 1.29 is 9.90 Å². The number of rotatable bonds is 4. The van der Waals surface area contributed by atoms with Gasteiger partial charge in [-0.1, -0.05) is 0 Å². The number of imidazole rings is 1. The van der Waals surface area contributed by atoms with Crippen molar-refractivity contribution in [3.05, 3.63) is 23.5 Å². The van der Waals surface area contributed by atoms with Crippen LogP contribution in [-0.2, 0) is 11.2 Å². The van der Waals surface area contributed by atoms with Gasteiger partial charge >= 0.3 is 0 Å². The van der Waals surface area contributed by atoms with E-state index in [1.807, 2.05) is 22.2 Å². The van der Waals surface area contributed by atoms with E-state index in [1.165, 1.54) is 11.3 Å². The number of aliphatic hydroxyl groups is 1. The Kier molecular flexibility index (Phi) is 3.17. The number of carbonyl (C=O) groups is 1. The quantitative estimate of drug-likeness (QED) is 0.848. The molecule has 0 aliphatic carbocycles. The first-order chi connectivity index (χ1) is 7.94. The molecule has 0 saturated carbocycles. The Labute approximate surface area is 103 Å². The van der Waals surface area contributed by atoms with Crippen LogP contribution in [0.15, 0.2) is 17.8 Å². The van der Waals surface area contributed by atoms with Gasteiger partial charge in [-0.05, 0) is 13.8 Å². The summed E-state index contributed by atoms with van der Waals surface area (Å²) >= 11 is 1.53. The van der Waals surface area contributed by atoms with E-state index in [1.54, 1.807) is 13.8 Å². The Morgan fingerprint density at radius 3 is 3.06 bits per heavy atom. The van der Waals surface area contributed by atoms with Crippen molar-refractivity contribution in [1.29, 1.82) is 0 Å². The van der Waals surface area contributed by atoms with E-state index < -0.39 is 5.60 Å². The largest absolute Gasteiger partial charge is 0.389 e. The van der Waals surface area contributed by atoms with E-state index >= 15 is 0 Å². The first kappa shape index (κ1) is 12.1. The highest BCUT2D eigenvalue weighted by Gasteiger charge is 2.14. The summed E-state index contributed by atoms with van der Waals surface area (Å²) in [6.45, 7) is 3.55. The van der Waals surface area contributed by atoms with Gasteiger partial charge in [0, 0.05) is 24.3 Å². The van der Waals surface area contributed by atoms with Crippen LogP contribution in [0.2, 0.25) is 0 Å². The van der Waals surface area contributed by atoms with Gasteiger partial charge in [0.15, 0.2) is 4.96 Å². The van der Waals surface area contributed by atoms with Crippen LogP contribution >= 0.6 is 11.3 Å². The Morgan fingerprint density at radius 1 is 1.65 bits per heavy atom. The minimum atomic E-state index is -0.885. The van der Waals surface area contributed by atoms with Crippen molar-refractivity contribution in [3.63, 3.8) is 0 Å². The van der Waals surface area contributed by atoms with Crippen LogP contribution in [0.25, 0.3) is 4.96 Å². The molecule has 0 fully saturated rings. The molecule has 5 nitrogen and oxygen atoms in total. The molecular weight excluding hydrogens is 238 g/mol. The number of carbonyl (C=O) groups excluding carboxylic acids is 1. The normalized spacial score (nSPS) is 11.9. The molecule has 92 valence electrons. The molecule has 0 aromatic carbocycles. The SMILES string of the molecule is CC(C)(O)CNC(=O)Cc1cn2ccsc2n1. The van der Waals surface area contributed by atoms with E-state index in [9.17, 15) is 9.90 Å². The monoisotopic (exact) mass is 253 g/mol. The molecule has 0 spiro atoms. The summed E-state index contributed by atoms with van der Waals surface area (Å²) in [4.78, 5) is 16.8. The van der Waals surface area contributed by atoms with Crippen molar-refractivity contribution in [2.24, 2.45) is 0 Å². The van der Waals surface area contributed by atoms with Crippen molar-refractivity contribution in [3.8, 4) is 0 Å². The molecule has 1 amide bonds. The second-order valence-corrected chi connectivity index (χ2v) is 5.46. The van der Waals surface area contributed by atoms with Crippen LogP contribution in [-0.4, -0.2) is 32.5 Å². The van der Waals surface area contributed by atoms with Crippen LogP contribution < -0.4 is 5.32 Å². The zero-order valence-electron chi connectivity index (χ0n) is 9.80. The van der Waals surface area contributed by atoms with Gasteiger partial charge < -0.3 is 10.4 Å². The average Bonchev–Trinajstić information content (AvgIpc) is 2.73. The summed E-state index contributed by atoms with van der Waals surface area (Å²) in [5, 5.41) is 14.1. The third-order valence-electron chi connectivity index (χ3n) is 2.20. The van der Waals surface area contributed by atoms with E-state index in [2.05, 4.69) is 10.3 Å². The number of thiazole rings is 1. The Hall–Kier alpha value is -1.40. The molecule has 0 unspecified atom stereocenters. The molecule has 0 aliphatic heterocycles. The van der Waals surface area contributed by atoms with Gasteiger partial charge in [0.1, 0.15) is 0 Å². The Balaban J connectivity index is 1.92. The molecule has 2 rings (SSSR count). The lowest BCUT2D eigenvalue weighted by Crippen LogP contribution is -2.38. The smallest absolute Gasteiger partial charge is 0.226 e. The van der Waals surface area contributed by atoms with E-state index in [4.69, 9.17) is 0 Å². The van der Waals surface area contributed by atoms with Crippen molar-refractivity contribution in [2.45, 2.75) is 25.9 Å². The van der Waals surface area contributed by atoms with Crippen LogP contribution in [0.1, 0.15) is 19.5 Å². The number of aromatic nitrogens is 2. The number of nitrogens with one attached hydrogen (secondary N) is 1. The number of hydrogen-bond acceptors (Lipinski definition) is 4. The number of amides is 1. The van der Waals surface area contributed by atoms with E-state index in [0.29, 0.717) is 0 Å². The molecule has 2 heterocycles. The Morgan fingerprint density at radius 2 is 2.41 bits per heavy atom. The third kappa shape index (κ3) is 3.28. The van der Waals surface area contributed by atoms with Crippen molar-refractivity contribution in [2.75, 3.05) is 6.54 Å². The van der Waals surface area contributed by atoms with Gasteiger partial charge in [0.2, 0.25) is 5.91 Å². The second-order valence-electron chi connectivity index (χ2n) is 4.59. The van der Waals surface area contributed by atoms with E-state index in [-0.39, 0.29) is 18.9 Å². The highest BCUT2D eigenvalue weighted by molar-refractivity contribution is 7.15. The summed E-state index contributed by atoms with van der Waals surface area (Å²) in [7, 11) is 0. The van der Waals surface area contributed by atoms with Gasteiger partial charge in [0.25, 0.3) is 0 Å². The summed E-state index contributed by atoms with van der Waals surface area (Å²) < 4.78 is 1.89. The van der Waals surface area contributed by atoms with Gasteiger partial charge in [-0.15, -0.1) is 11.3 Å². The lowest BCUT2D eigenvalue weighted by Gasteiger charge is -2.17. The summed E-state index contributed by atoms with van der Waals surface area (Å²) in [6, 6.07) is 0. The molecule has 2 aromatic rings. The molecule has 0 atom stereocenters. The summed E-state index contributed by atoms with van der Waals surface area (Å²) in [5.41, 5.74) is -0.144. The lowest BCUT2D eigenvalue weighted by molar-refractivity contribution is -0.121. The fourth-order valence-electron chi connectivity index (χ4n) is 1.40. The molecule has 2 N–H and O–H groups in total. The number of nitrogens with zero attached hydrogens (tertiary/aromatic N) is 2. The van der Waals surface area contributed by atoms with Gasteiger partial charge in [0.05, 0.1) is 17.7 Å². The van der Waals surface area contributed by atoms with Crippen molar-refractivity contribution >= 4 is 22.2 Å². The van der Waals surface area contributed by atoms with Gasteiger partial charge in [-0.2, -0.15) is 0 Å². The van der Waals surface area contributed by atoms with Crippen LogP contribution in [0, 0.1) is 0 Å². The van der Waals surface area contributed by atoms with Crippen LogP contribution in [0.5, 0.6) is 0 Å². The summed E-state index contributed by atoms with van der Waals surface area (Å²) in [5.74, 6) is -0.127. The van der Waals surface area contributed by atoms with Crippen LogP contribution in [0.4, 0.5) is 0 Å². The molecule has 0 saturated heterocycles. The third-order valence-corrected chi connectivity index (χ3v) is 2.97. The van der Waals surface area contributed by atoms with Gasteiger partial charge in [-0.3, -0.25) is 9.20 Å². The Bertz CT molecular complexity index is 496. The standard InChI is InChI=1S/C11H15N3O2S/c1-11(2,16)7-12-9(15)5-8-6-14-3-4-17-10(14)13-8/h3-4,6,16H,5,7H2,1-2H3,(H,12,15). The molecule has 6 heteroatoms. The molecule has 2 aromatic heterocycles. The molecule has 0 aliphatic rings. The first-order valence-corrected chi connectivity index (χ1v) is 6.22. The predicted octanol–water partition coefficient (Wildman–Crippen LogP) is 0.825.